The van der Waals surface area contributed by atoms with Gasteiger partial charge in [0.15, 0.2) is 11.6 Å². The minimum absolute atomic E-state index is 0.109. The number of hydrogen-bond acceptors (Lipinski definition) is 2. The van der Waals surface area contributed by atoms with Crippen molar-refractivity contribution in [3.8, 4) is 5.75 Å². The molecule has 0 aromatic heterocycles. The monoisotopic (exact) mass is 265 g/mol. The highest BCUT2D eigenvalue weighted by Gasteiger charge is 2.17. The molecule has 0 atom stereocenters. The Bertz CT molecular complexity index is 344. The summed E-state index contributed by atoms with van der Waals surface area (Å²) in [5, 5.41) is 2.75. The van der Waals surface area contributed by atoms with Crippen molar-refractivity contribution in [1.82, 2.24) is 5.32 Å². The first kappa shape index (κ1) is 11.4. The van der Waals surface area contributed by atoms with Crippen LogP contribution in [0.4, 0.5) is 8.78 Å². The molecule has 0 heterocycles. The van der Waals surface area contributed by atoms with Gasteiger partial charge in [-0.3, -0.25) is 0 Å². The summed E-state index contributed by atoms with van der Waals surface area (Å²) in [5.74, 6) is -1.95. The van der Waals surface area contributed by atoms with Gasteiger partial charge in [0.05, 0.1) is 11.6 Å². The van der Waals surface area contributed by atoms with Crippen LogP contribution in [0.1, 0.15) is 5.56 Å². The quantitative estimate of drug-likeness (QED) is 0.848. The van der Waals surface area contributed by atoms with Gasteiger partial charge in [-0.1, -0.05) is 0 Å². The van der Waals surface area contributed by atoms with Gasteiger partial charge in [0.1, 0.15) is 0 Å². The fourth-order valence-electron chi connectivity index (χ4n) is 1.13. The topological polar surface area (TPSA) is 21.3 Å². The van der Waals surface area contributed by atoms with Crippen molar-refractivity contribution in [3.05, 3.63) is 27.7 Å². The SMILES string of the molecule is CNCc1cc(Br)c(OC)c(F)c1F. The molecule has 0 unspecified atom stereocenters. The van der Waals surface area contributed by atoms with Crippen LogP contribution in [0.15, 0.2) is 10.5 Å². The average molecular weight is 266 g/mol. The molecule has 2 nitrogen and oxygen atoms in total. The summed E-state index contributed by atoms with van der Waals surface area (Å²) >= 11 is 3.10. The van der Waals surface area contributed by atoms with Crippen LogP contribution < -0.4 is 10.1 Å². The lowest BCUT2D eigenvalue weighted by Crippen LogP contribution is -2.09. The number of methoxy groups -OCH3 is 1. The molecule has 0 saturated carbocycles. The molecule has 1 N–H and O–H groups in total. The van der Waals surface area contributed by atoms with E-state index in [2.05, 4.69) is 21.2 Å². The van der Waals surface area contributed by atoms with Crippen molar-refractivity contribution in [2.75, 3.05) is 14.2 Å². The average Bonchev–Trinajstić information content (AvgIpc) is 2.15. The number of benzene rings is 1. The predicted molar refractivity (Wildman–Crippen MR) is 53.4 cm³/mol. The van der Waals surface area contributed by atoms with Gasteiger partial charge in [-0.05, 0) is 29.0 Å². The van der Waals surface area contributed by atoms with Crippen LogP contribution in [-0.4, -0.2) is 14.2 Å². The molecule has 14 heavy (non-hydrogen) atoms. The Kier molecular flexibility index (Phi) is 3.83. The molecule has 0 amide bonds. The van der Waals surface area contributed by atoms with E-state index < -0.39 is 11.6 Å². The largest absolute Gasteiger partial charge is 0.492 e. The Balaban J connectivity index is 3.25. The van der Waals surface area contributed by atoms with Gasteiger partial charge in [0, 0.05) is 12.1 Å². The second-order valence-corrected chi connectivity index (χ2v) is 3.56. The fourth-order valence-corrected chi connectivity index (χ4v) is 1.75. The molecular weight excluding hydrogens is 256 g/mol. The first-order valence-corrected chi connectivity index (χ1v) is 4.76. The summed E-state index contributed by atoms with van der Waals surface area (Å²) in [6, 6.07) is 1.49. The number of halogens is 3. The normalized spacial score (nSPS) is 10.4. The van der Waals surface area contributed by atoms with Crippen molar-refractivity contribution in [1.29, 1.82) is 0 Å². The first-order chi connectivity index (χ1) is 6.61. The Morgan fingerprint density at radius 1 is 1.43 bits per heavy atom. The molecular formula is C9H10BrF2NO. The Hall–Kier alpha value is -0.680. The molecule has 5 heteroatoms. The lowest BCUT2D eigenvalue weighted by molar-refractivity contribution is 0.367. The van der Waals surface area contributed by atoms with Crippen LogP contribution in [0.2, 0.25) is 0 Å². The summed E-state index contributed by atoms with van der Waals surface area (Å²) in [6.45, 7) is 0.269. The molecule has 0 aliphatic carbocycles. The zero-order valence-electron chi connectivity index (χ0n) is 7.83. The molecule has 0 bridgehead atoms. The van der Waals surface area contributed by atoms with E-state index >= 15 is 0 Å². The molecule has 1 aromatic carbocycles. The van der Waals surface area contributed by atoms with Crippen molar-refractivity contribution in [2.24, 2.45) is 0 Å². The molecule has 1 rings (SSSR count). The smallest absolute Gasteiger partial charge is 0.202 e. The van der Waals surface area contributed by atoms with E-state index in [1.807, 2.05) is 0 Å². The van der Waals surface area contributed by atoms with Gasteiger partial charge in [-0.15, -0.1) is 0 Å². The van der Waals surface area contributed by atoms with Crippen molar-refractivity contribution in [2.45, 2.75) is 6.54 Å². The zero-order chi connectivity index (χ0) is 10.7. The molecule has 0 aliphatic rings. The van der Waals surface area contributed by atoms with Gasteiger partial charge in [0.2, 0.25) is 5.82 Å². The van der Waals surface area contributed by atoms with E-state index in [0.29, 0.717) is 4.47 Å². The van der Waals surface area contributed by atoms with Gasteiger partial charge in [0.25, 0.3) is 0 Å². The summed E-state index contributed by atoms with van der Waals surface area (Å²) in [5.41, 5.74) is 0.262. The lowest BCUT2D eigenvalue weighted by Gasteiger charge is -2.09. The molecule has 78 valence electrons. The third-order valence-electron chi connectivity index (χ3n) is 1.76. The van der Waals surface area contributed by atoms with E-state index in [9.17, 15) is 8.78 Å². The van der Waals surface area contributed by atoms with Crippen molar-refractivity contribution in [3.63, 3.8) is 0 Å². The van der Waals surface area contributed by atoms with E-state index in [-0.39, 0.29) is 17.9 Å². The summed E-state index contributed by atoms with van der Waals surface area (Å²) in [4.78, 5) is 0. The Labute approximate surface area is 89.4 Å². The van der Waals surface area contributed by atoms with Gasteiger partial charge >= 0.3 is 0 Å². The minimum Gasteiger partial charge on any atom is -0.492 e. The summed E-state index contributed by atoms with van der Waals surface area (Å²) in [6.07, 6.45) is 0. The maximum absolute atomic E-state index is 13.3. The molecule has 0 radical (unpaired) electrons. The number of hydrogen-bond donors (Lipinski definition) is 1. The molecule has 0 fully saturated rings. The highest BCUT2D eigenvalue weighted by molar-refractivity contribution is 9.10. The fraction of sp³-hybridized carbons (Fsp3) is 0.333. The molecule has 0 aliphatic heterocycles. The first-order valence-electron chi connectivity index (χ1n) is 3.96. The number of rotatable bonds is 3. The molecule has 1 aromatic rings. The van der Waals surface area contributed by atoms with Crippen LogP contribution in [0.25, 0.3) is 0 Å². The van der Waals surface area contributed by atoms with Crippen molar-refractivity contribution >= 4 is 15.9 Å². The van der Waals surface area contributed by atoms with Gasteiger partial charge < -0.3 is 10.1 Å². The Morgan fingerprint density at radius 2 is 2.07 bits per heavy atom. The maximum atomic E-state index is 13.3. The third-order valence-corrected chi connectivity index (χ3v) is 2.35. The second-order valence-electron chi connectivity index (χ2n) is 2.71. The lowest BCUT2D eigenvalue weighted by atomic mass is 10.2. The van der Waals surface area contributed by atoms with E-state index in [0.717, 1.165) is 0 Å². The van der Waals surface area contributed by atoms with Crippen LogP contribution in [0, 0.1) is 11.6 Å². The van der Waals surface area contributed by atoms with Crippen LogP contribution >= 0.6 is 15.9 Å². The van der Waals surface area contributed by atoms with E-state index in [4.69, 9.17) is 4.74 Å². The molecule has 0 spiro atoms. The van der Waals surface area contributed by atoms with Crippen molar-refractivity contribution < 1.29 is 13.5 Å². The Morgan fingerprint density at radius 3 is 2.57 bits per heavy atom. The highest BCUT2D eigenvalue weighted by Crippen LogP contribution is 2.31. The van der Waals surface area contributed by atoms with Gasteiger partial charge in [-0.2, -0.15) is 4.39 Å². The standard InChI is InChI=1S/C9H10BrF2NO/c1-13-4-5-3-6(10)9(14-2)8(12)7(5)11/h3,13H,4H2,1-2H3. The molecule has 0 saturated heterocycles. The van der Waals surface area contributed by atoms with E-state index in [1.54, 1.807) is 7.05 Å². The van der Waals surface area contributed by atoms with Crippen LogP contribution in [0.5, 0.6) is 5.75 Å². The summed E-state index contributed by atoms with van der Waals surface area (Å²) < 4.78 is 31.7. The van der Waals surface area contributed by atoms with E-state index in [1.165, 1.54) is 13.2 Å². The maximum Gasteiger partial charge on any atom is 0.202 e. The summed E-state index contributed by atoms with van der Waals surface area (Å²) in [7, 11) is 2.95. The number of nitrogens with one attached hydrogen (secondary N) is 1. The zero-order valence-corrected chi connectivity index (χ0v) is 9.41. The predicted octanol–water partition coefficient (Wildman–Crippen LogP) is 2.46. The van der Waals surface area contributed by atoms with Crippen LogP contribution in [-0.2, 0) is 6.54 Å². The van der Waals surface area contributed by atoms with Gasteiger partial charge in [-0.25, -0.2) is 4.39 Å². The second kappa shape index (κ2) is 4.70. The minimum atomic E-state index is -0.966. The van der Waals surface area contributed by atoms with Crippen LogP contribution in [0.3, 0.4) is 0 Å². The number of ether oxygens (including phenoxy) is 1. The highest BCUT2D eigenvalue weighted by atomic mass is 79.9. The third kappa shape index (κ3) is 2.04.